The lowest BCUT2D eigenvalue weighted by Crippen LogP contribution is -2.07. The van der Waals surface area contributed by atoms with Crippen molar-refractivity contribution >= 4 is 28.4 Å². The highest BCUT2D eigenvalue weighted by atomic mass is 127. The molecule has 1 aliphatic heterocycles. The van der Waals surface area contributed by atoms with Crippen molar-refractivity contribution in [1.82, 2.24) is 9.78 Å². The van der Waals surface area contributed by atoms with Crippen molar-refractivity contribution in [3.63, 3.8) is 0 Å². The molecule has 0 amide bonds. The predicted molar refractivity (Wildman–Crippen MR) is 114 cm³/mol. The number of para-hydroxylation sites is 1. The van der Waals surface area contributed by atoms with E-state index in [9.17, 15) is 0 Å². The summed E-state index contributed by atoms with van der Waals surface area (Å²) in [5.74, 6) is 2.07. The molecule has 0 saturated carbocycles. The van der Waals surface area contributed by atoms with Gasteiger partial charge >= 0.3 is 0 Å². The quantitative estimate of drug-likeness (QED) is 0.569. The summed E-state index contributed by atoms with van der Waals surface area (Å²) in [6, 6.07) is 16.7. The van der Waals surface area contributed by atoms with Crippen molar-refractivity contribution in [1.29, 1.82) is 0 Å². The van der Waals surface area contributed by atoms with E-state index in [1.165, 1.54) is 27.5 Å². The number of ether oxygens (including phenoxy) is 1. The van der Waals surface area contributed by atoms with Crippen LogP contribution < -0.4 is 10.1 Å². The monoisotopic (exact) mass is 459 g/mol. The molecule has 0 spiro atoms. The molecular formula is C21H22IN3O. The van der Waals surface area contributed by atoms with Gasteiger partial charge in [-0.2, -0.15) is 5.10 Å². The van der Waals surface area contributed by atoms with Crippen LogP contribution in [0.3, 0.4) is 0 Å². The number of nitrogens with zero attached hydrogens (tertiary/aromatic N) is 2. The molecule has 1 N–H and O–H groups in total. The second-order valence-corrected chi connectivity index (χ2v) is 7.78. The summed E-state index contributed by atoms with van der Waals surface area (Å²) in [5, 5.41) is 8.61. The van der Waals surface area contributed by atoms with Crippen LogP contribution in [0.25, 0.3) is 5.69 Å². The number of methoxy groups -OCH3 is 1. The third-order valence-electron chi connectivity index (χ3n) is 4.83. The molecule has 0 aliphatic carbocycles. The van der Waals surface area contributed by atoms with Gasteiger partial charge < -0.3 is 10.1 Å². The van der Waals surface area contributed by atoms with E-state index in [1.807, 2.05) is 12.1 Å². The summed E-state index contributed by atoms with van der Waals surface area (Å²) in [6.07, 6.45) is 4.23. The van der Waals surface area contributed by atoms with Crippen LogP contribution in [-0.2, 0) is 12.8 Å². The Labute approximate surface area is 167 Å². The molecule has 4 rings (SSSR count). The van der Waals surface area contributed by atoms with Gasteiger partial charge in [0, 0.05) is 27.7 Å². The number of hydrogen-bond donors (Lipinski definition) is 1. The molecule has 5 heteroatoms. The summed E-state index contributed by atoms with van der Waals surface area (Å²) >= 11 is 2.33. The highest BCUT2D eigenvalue weighted by Crippen LogP contribution is 2.31. The Morgan fingerprint density at radius 3 is 2.73 bits per heavy atom. The number of fused-ring (bicyclic) bond motifs is 1. The first-order valence-electron chi connectivity index (χ1n) is 8.99. The van der Waals surface area contributed by atoms with Gasteiger partial charge in [-0.05, 0) is 72.2 Å². The summed E-state index contributed by atoms with van der Waals surface area (Å²) < 4.78 is 8.84. The van der Waals surface area contributed by atoms with Gasteiger partial charge in [-0.1, -0.05) is 18.2 Å². The molecule has 0 bridgehead atoms. The van der Waals surface area contributed by atoms with Crippen molar-refractivity contribution in [3.8, 4) is 11.4 Å². The van der Waals surface area contributed by atoms with Gasteiger partial charge in [0.25, 0.3) is 0 Å². The van der Waals surface area contributed by atoms with Crippen molar-refractivity contribution in [2.24, 2.45) is 0 Å². The van der Waals surface area contributed by atoms with Crippen LogP contribution in [0.1, 0.15) is 29.7 Å². The average molecular weight is 459 g/mol. The van der Waals surface area contributed by atoms with Crippen molar-refractivity contribution in [3.05, 3.63) is 68.9 Å². The maximum absolute atomic E-state index is 5.54. The molecule has 2 heterocycles. The Morgan fingerprint density at radius 1 is 1.12 bits per heavy atom. The van der Waals surface area contributed by atoms with Gasteiger partial charge in [0.2, 0.25) is 0 Å². The first-order chi connectivity index (χ1) is 12.8. The van der Waals surface area contributed by atoms with Crippen LogP contribution >= 0.6 is 22.6 Å². The van der Waals surface area contributed by atoms with Crippen molar-refractivity contribution < 1.29 is 4.74 Å². The van der Waals surface area contributed by atoms with Crippen molar-refractivity contribution in [2.75, 3.05) is 19.0 Å². The molecule has 3 aromatic rings. The first-order valence-corrected chi connectivity index (χ1v) is 10.1. The van der Waals surface area contributed by atoms with Crippen molar-refractivity contribution in [2.45, 2.75) is 25.7 Å². The first kappa shape index (κ1) is 17.4. The van der Waals surface area contributed by atoms with E-state index in [-0.39, 0.29) is 0 Å². The molecule has 1 aliphatic rings. The van der Waals surface area contributed by atoms with E-state index in [4.69, 9.17) is 9.84 Å². The zero-order valence-corrected chi connectivity index (χ0v) is 17.0. The third-order valence-corrected chi connectivity index (χ3v) is 5.55. The molecule has 134 valence electrons. The maximum atomic E-state index is 5.54. The number of halogens is 1. The molecule has 0 radical (unpaired) electrons. The molecule has 0 fully saturated rings. The van der Waals surface area contributed by atoms with E-state index < -0.39 is 0 Å². The maximum Gasteiger partial charge on any atom is 0.133 e. The van der Waals surface area contributed by atoms with E-state index in [2.05, 4.69) is 69.0 Å². The lowest BCUT2D eigenvalue weighted by molar-refractivity contribution is 0.410. The van der Waals surface area contributed by atoms with Crippen LogP contribution in [0.2, 0.25) is 0 Å². The lowest BCUT2D eigenvalue weighted by Gasteiger charge is -2.09. The number of hydrogen-bond acceptors (Lipinski definition) is 3. The minimum absolute atomic E-state index is 0.783. The number of aromatic nitrogens is 2. The molecular weight excluding hydrogens is 437 g/mol. The number of benzene rings is 2. The molecule has 4 nitrogen and oxygen atoms in total. The standard InChI is InChI=1S/C21H22IN3O/c1-26-20-8-3-2-6-15(20)14-19-18-7-4-5-13-23-21(18)25(24-19)17-11-9-16(22)10-12-17/h2-3,6,8-12,23H,4-5,7,13-14H2,1H3. The number of nitrogens with one attached hydrogen (secondary N) is 1. The fourth-order valence-electron chi connectivity index (χ4n) is 3.51. The van der Waals surface area contributed by atoms with Crippen LogP contribution in [0.15, 0.2) is 48.5 Å². The third kappa shape index (κ3) is 3.45. The Bertz CT molecular complexity index is 902. The van der Waals surface area contributed by atoms with Crippen LogP contribution in [0, 0.1) is 3.57 Å². The van der Waals surface area contributed by atoms with Crippen LogP contribution in [0.4, 0.5) is 5.82 Å². The molecule has 0 unspecified atom stereocenters. The predicted octanol–water partition coefficient (Wildman–Crippen LogP) is 4.82. The molecule has 0 atom stereocenters. The van der Waals surface area contributed by atoms with Crippen LogP contribution in [-0.4, -0.2) is 23.4 Å². The fourth-order valence-corrected chi connectivity index (χ4v) is 3.87. The zero-order valence-electron chi connectivity index (χ0n) is 14.8. The largest absolute Gasteiger partial charge is 0.496 e. The number of anilines is 1. The smallest absolute Gasteiger partial charge is 0.133 e. The minimum atomic E-state index is 0.783. The normalized spacial score (nSPS) is 13.6. The topological polar surface area (TPSA) is 39.1 Å². The average Bonchev–Trinajstić information content (AvgIpc) is 2.84. The second-order valence-electron chi connectivity index (χ2n) is 6.53. The van der Waals surface area contributed by atoms with E-state index in [0.717, 1.165) is 42.3 Å². The highest BCUT2D eigenvalue weighted by molar-refractivity contribution is 14.1. The van der Waals surface area contributed by atoms with E-state index in [1.54, 1.807) is 7.11 Å². The minimum Gasteiger partial charge on any atom is -0.496 e. The van der Waals surface area contributed by atoms with E-state index in [0.29, 0.717) is 0 Å². The Kier molecular flexibility index (Phi) is 5.15. The molecule has 1 aromatic heterocycles. The summed E-state index contributed by atoms with van der Waals surface area (Å²) in [6.45, 7) is 0.997. The summed E-state index contributed by atoms with van der Waals surface area (Å²) in [5.41, 5.74) is 4.75. The van der Waals surface area contributed by atoms with Gasteiger partial charge in [0.05, 0.1) is 18.5 Å². The fraction of sp³-hybridized carbons (Fsp3) is 0.286. The molecule has 26 heavy (non-hydrogen) atoms. The van der Waals surface area contributed by atoms with Gasteiger partial charge in [-0.3, -0.25) is 0 Å². The second kappa shape index (κ2) is 7.70. The van der Waals surface area contributed by atoms with Gasteiger partial charge in [-0.25, -0.2) is 4.68 Å². The van der Waals surface area contributed by atoms with Gasteiger partial charge in [-0.15, -0.1) is 0 Å². The summed E-state index contributed by atoms with van der Waals surface area (Å²) in [4.78, 5) is 0. The molecule has 0 saturated heterocycles. The lowest BCUT2D eigenvalue weighted by atomic mass is 10.0. The van der Waals surface area contributed by atoms with Gasteiger partial charge in [0.1, 0.15) is 11.6 Å². The summed E-state index contributed by atoms with van der Waals surface area (Å²) in [7, 11) is 1.73. The zero-order chi connectivity index (χ0) is 17.9. The molecule has 2 aromatic carbocycles. The van der Waals surface area contributed by atoms with Crippen LogP contribution in [0.5, 0.6) is 5.75 Å². The Balaban J connectivity index is 1.78. The number of rotatable bonds is 4. The Hall–Kier alpha value is -2.02. The Morgan fingerprint density at radius 2 is 1.92 bits per heavy atom. The van der Waals surface area contributed by atoms with Gasteiger partial charge in [0.15, 0.2) is 0 Å². The highest BCUT2D eigenvalue weighted by Gasteiger charge is 2.21. The SMILES string of the molecule is COc1ccccc1Cc1nn(-c2ccc(I)cc2)c2c1CCCCN2. The van der Waals surface area contributed by atoms with E-state index >= 15 is 0 Å².